The molecule has 2 unspecified atom stereocenters. The molecule has 0 aromatic heterocycles. The Bertz CT molecular complexity index is 1390. The van der Waals surface area contributed by atoms with Crippen LogP contribution in [0.25, 0.3) is 0 Å². The molecule has 0 fully saturated rings. The van der Waals surface area contributed by atoms with Crippen molar-refractivity contribution in [1.29, 1.82) is 0 Å². The molecule has 0 bridgehead atoms. The summed E-state index contributed by atoms with van der Waals surface area (Å²) in [5.74, 6) is -0.712. The Morgan fingerprint density at radius 1 is 0.705 bits per heavy atom. The normalized spacial score (nSPS) is 15.5. The van der Waals surface area contributed by atoms with Gasteiger partial charge in [-0.3, -0.25) is 0 Å². The minimum absolute atomic E-state index is 0.221. The number of benzene rings is 2. The van der Waals surface area contributed by atoms with Gasteiger partial charge in [0.05, 0.1) is 37.6 Å². The first-order valence-electron chi connectivity index (χ1n) is 14.1. The Kier molecular flexibility index (Phi) is 13.0. The van der Waals surface area contributed by atoms with Crippen LogP contribution >= 0.6 is 0 Å². The van der Waals surface area contributed by atoms with Crippen molar-refractivity contribution in [2.45, 2.75) is 32.8 Å². The number of esters is 4. The number of rotatable bonds is 16. The summed E-state index contributed by atoms with van der Waals surface area (Å²) < 4.78 is 32.3. The maximum Gasteiger partial charge on any atom is 0.343 e. The van der Waals surface area contributed by atoms with Crippen LogP contribution in [0.15, 0.2) is 97.3 Å². The summed E-state index contributed by atoms with van der Waals surface area (Å²) in [6.45, 7) is 11.4. The largest absolute Gasteiger partial charge is 0.493 e. The van der Waals surface area contributed by atoms with Crippen molar-refractivity contribution < 1.29 is 47.6 Å². The van der Waals surface area contributed by atoms with Crippen molar-refractivity contribution in [2.75, 3.05) is 26.4 Å². The minimum Gasteiger partial charge on any atom is -0.493 e. The van der Waals surface area contributed by atoms with Crippen LogP contribution in [0.3, 0.4) is 0 Å². The van der Waals surface area contributed by atoms with Crippen molar-refractivity contribution in [1.82, 2.24) is 0 Å². The Labute approximate surface area is 256 Å². The number of hydrogen-bond donors (Lipinski definition) is 0. The smallest absolute Gasteiger partial charge is 0.343 e. The third-order valence-electron chi connectivity index (χ3n) is 6.30. The molecule has 0 saturated carbocycles. The molecule has 0 aliphatic heterocycles. The molecule has 0 saturated heterocycles. The van der Waals surface area contributed by atoms with Crippen molar-refractivity contribution in [2.24, 2.45) is 5.92 Å². The SMILES string of the molecule is C=CC(=O)OCCCOc1ccc(C(=O)OC2=CC(C)C(OC(=O)c3ccc(OCCCOC(=O)C=C)cc3)C=C2C)cc1. The Morgan fingerprint density at radius 3 is 1.66 bits per heavy atom. The zero-order chi connectivity index (χ0) is 31.9. The fraction of sp³-hybridized carbons (Fsp3) is 0.294. The lowest BCUT2D eigenvalue weighted by molar-refractivity contribution is -0.138. The van der Waals surface area contributed by atoms with E-state index in [4.69, 9.17) is 28.4 Å². The van der Waals surface area contributed by atoms with E-state index in [-0.39, 0.29) is 19.1 Å². The molecule has 1 aliphatic carbocycles. The Morgan fingerprint density at radius 2 is 1.18 bits per heavy atom. The minimum atomic E-state index is -0.545. The predicted molar refractivity (Wildman–Crippen MR) is 161 cm³/mol. The van der Waals surface area contributed by atoms with E-state index >= 15 is 0 Å². The van der Waals surface area contributed by atoms with Crippen LogP contribution in [-0.2, 0) is 28.5 Å². The predicted octanol–water partition coefficient (Wildman–Crippen LogP) is 5.55. The standard InChI is InChI=1S/C34H36O10/c1-5-31(35)41-19-7-17-39-27-13-9-25(10-14-27)33(37)43-29-21-24(4)30(22-23(29)3)44-34(38)26-11-15-28(16-12-26)40-18-8-20-42-32(36)6-2/h5-6,9-16,21-23,29H,1-2,7-8,17-20H2,3-4H3. The van der Waals surface area contributed by atoms with Gasteiger partial charge >= 0.3 is 23.9 Å². The van der Waals surface area contributed by atoms with Crippen LogP contribution in [0.4, 0.5) is 0 Å². The van der Waals surface area contributed by atoms with E-state index in [0.29, 0.717) is 60.0 Å². The summed E-state index contributed by atoms with van der Waals surface area (Å²) in [6, 6.07) is 13.1. The highest BCUT2D eigenvalue weighted by Crippen LogP contribution is 2.28. The van der Waals surface area contributed by atoms with Gasteiger partial charge in [0.2, 0.25) is 0 Å². The number of ether oxygens (including phenoxy) is 6. The fourth-order valence-electron chi connectivity index (χ4n) is 3.89. The van der Waals surface area contributed by atoms with E-state index < -0.39 is 30.0 Å². The average molecular weight is 605 g/mol. The molecule has 1 aliphatic rings. The molecular weight excluding hydrogens is 568 g/mol. The summed E-state index contributed by atoms with van der Waals surface area (Å²) in [4.78, 5) is 47.6. The molecule has 232 valence electrons. The molecule has 2 aromatic rings. The quantitative estimate of drug-likeness (QED) is 0.104. The Hall–Kier alpha value is -5.12. The lowest BCUT2D eigenvalue weighted by atomic mass is 9.94. The van der Waals surface area contributed by atoms with Gasteiger partial charge in [0, 0.05) is 30.9 Å². The molecule has 2 aromatic carbocycles. The molecule has 0 amide bonds. The van der Waals surface area contributed by atoms with Gasteiger partial charge in [-0.1, -0.05) is 20.1 Å². The second-order valence-electron chi connectivity index (χ2n) is 9.70. The first-order valence-corrected chi connectivity index (χ1v) is 14.1. The fourth-order valence-corrected chi connectivity index (χ4v) is 3.89. The number of hydrogen-bond acceptors (Lipinski definition) is 10. The van der Waals surface area contributed by atoms with Crippen LogP contribution in [0.5, 0.6) is 11.5 Å². The molecule has 10 nitrogen and oxygen atoms in total. The molecule has 0 spiro atoms. The Balaban J connectivity index is 1.45. The van der Waals surface area contributed by atoms with Crippen molar-refractivity contribution >= 4 is 23.9 Å². The second-order valence-corrected chi connectivity index (χ2v) is 9.70. The number of carbonyl (C=O) groups is 4. The molecule has 0 heterocycles. The number of carbonyl (C=O) groups excluding carboxylic acids is 4. The summed E-state index contributed by atoms with van der Waals surface area (Å²) >= 11 is 0. The highest BCUT2D eigenvalue weighted by atomic mass is 16.6. The van der Waals surface area contributed by atoms with Crippen LogP contribution in [-0.4, -0.2) is 56.4 Å². The lowest BCUT2D eigenvalue weighted by Gasteiger charge is -2.25. The zero-order valence-electron chi connectivity index (χ0n) is 24.8. The van der Waals surface area contributed by atoms with Gasteiger partial charge in [-0.25, -0.2) is 19.2 Å². The lowest BCUT2D eigenvalue weighted by Crippen LogP contribution is -2.26. The molecule has 10 heteroatoms. The molecule has 2 atom stereocenters. The molecule has 0 radical (unpaired) electrons. The summed E-state index contributed by atoms with van der Waals surface area (Å²) in [7, 11) is 0. The number of allylic oxidation sites excluding steroid dienone is 1. The van der Waals surface area contributed by atoms with Crippen LogP contribution in [0.1, 0.15) is 47.4 Å². The van der Waals surface area contributed by atoms with Gasteiger partial charge in [0.1, 0.15) is 23.4 Å². The molecule has 44 heavy (non-hydrogen) atoms. The molecule has 3 rings (SSSR count). The van der Waals surface area contributed by atoms with E-state index in [1.54, 1.807) is 67.6 Å². The maximum atomic E-state index is 12.8. The monoisotopic (exact) mass is 604 g/mol. The summed E-state index contributed by atoms with van der Waals surface area (Å²) in [5.41, 5.74) is 1.37. The van der Waals surface area contributed by atoms with Crippen LogP contribution in [0.2, 0.25) is 0 Å². The zero-order valence-corrected chi connectivity index (χ0v) is 24.8. The first-order chi connectivity index (χ1) is 21.2. The highest BCUT2D eigenvalue weighted by Gasteiger charge is 2.26. The summed E-state index contributed by atoms with van der Waals surface area (Å²) in [5, 5.41) is 0. The van der Waals surface area contributed by atoms with E-state index in [9.17, 15) is 19.2 Å². The van der Waals surface area contributed by atoms with Gasteiger partial charge in [-0.15, -0.1) is 0 Å². The third kappa shape index (κ3) is 10.6. The van der Waals surface area contributed by atoms with Gasteiger partial charge in [0.15, 0.2) is 0 Å². The van der Waals surface area contributed by atoms with E-state index in [2.05, 4.69) is 13.2 Å². The van der Waals surface area contributed by atoms with Gasteiger partial charge < -0.3 is 28.4 Å². The van der Waals surface area contributed by atoms with E-state index in [0.717, 1.165) is 12.2 Å². The van der Waals surface area contributed by atoms with Gasteiger partial charge in [-0.2, -0.15) is 0 Å². The highest BCUT2D eigenvalue weighted by molar-refractivity contribution is 5.91. The summed E-state index contributed by atoms with van der Waals surface area (Å²) in [6.07, 6.45) is 6.20. The topological polar surface area (TPSA) is 124 Å². The molecular formula is C34H36O10. The maximum absolute atomic E-state index is 12.8. The van der Waals surface area contributed by atoms with Crippen LogP contribution in [0, 0.1) is 5.92 Å². The van der Waals surface area contributed by atoms with Crippen molar-refractivity contribution in [3.63, 3.8) is 0 Å². The van der Waals surface area contributed by atoms with E-state index in [1.165, 1.54) is 0 Å². The van der Waals surface area contributed by atoms with Gasteiger partial charge in [0.25, 0.3) is 0 Å². The second kappa shape index (κ2) is 17.1. The average Bonchev–Trinajstić information content (AvgIpc) is 3.03. The van der Waals surface area contributed by atoms with Crippen molar-refractivity contribution in [3.05, 3.63) is 108 Å². The third-order valence-corrected chi connectivity index (χ3v) is 6.30. The molecule has 0 N–H and O–H groups in total. The van der Waals surface area contributed by atoms with Crippen LogP contribution < -0.4 is 9.47 Å². The van der Waals surface area contributed by atoms with E-state index in [1.807, 2.05) is 6.92 Å². The van der Waals surface area contributed by atoms with Crippen molar-refractivity contribution in [3.8, 4) is 11.5 Å². The first kappa shape index (κ1) is 33.4. The van der Waals surface area contributed by atoms with Gasteiger partial charge in [-0.05, 0) is 73.2 Å².